The van der Waals surface area contributed by atoms with Gasteiger partial charge in [0.15, 0.2) is 0 Å². The highest BCUT2D eigenvalue weighted by Crippen LogP contribution is 2.37. The van der Waals surface area contributed by atoms with Crippen LogP contribution >= 0.6 is 0 Å². The number of hydrogen-bond acceptors (Lipinski definition) is 3. The number of hydrogen-bond donors (Lipinski definition) is 2. The van der Waals surface area contributed by atoms with Crippen molar-refractivity contribution >= 4 is 6.08 Å². The Morgan fingerprint density at radius 3 is 2.47 bits per heavy atom. The summed E-state index contributed by atoms with van der Waals surface area (Å²) in [4.78, 5) is 0. The third-order valence-corrected chi connectivity index (χ3v) is 5.29. The first-order valence-corrected chi connectivity index (χ1v) is 10.3. The molecular formula is C27H29O3. The minimum Gasteiger partial charge on any atom is -0.493 e. The van der Waals surface area contributed by atoms with E-state index in [1.807, 2.05) is 92.7 Å². The number of ether oxygens (including phenoxy) is 1. The van der Waals surface area contributed by atoms with Crippen molar-refractivity contribution in [2.24, 2.45) is 0 Å². The molecule has 0 aliphatic heterocycles. The highest BCUT2D eigenvalue weighted by molar-refractivity contribution is 5.51. The second kappa shape index (κ2) is 10.2. The number of para-hydroxylation sites is 1. The maximum Gasteiger partial charge on any atom is 0.127 e. The molecule has 0 spiro atoms. The number of aliphatic hydroxyl groups is 2. The molecule has 30 heavy (non-hydrogen) atoms. The van der Waals surface area contributed by atoms with Crippen molar-refractivity contribution in [2.75, 3.05) is 6.61 Å². The van der Waals surface area contributed by atoms with Crippen molar-refractivity contribution < 1.29 is 14.9 Å². The van der Waals surface area contributed by atoms with Gasteiger partial charge in [-0.25, -0.2) is 0 Å². The average molecular weight is 402 g/mol. The summed E-state index contributed by atoms with van der Waals surface area (Å²) < 4.78 is 5.58. The van der Waals surface area contributed by atoms with Gasteiger partial charge in [-0.2, -0.15) is 0 Å². The predicted molar refractivity (Wildman–Crippen MR) is 121 cm³/mol. The Morgan fingerprint density at radius 2 is 1.73 bits per heavy atom. The van der Waals surface area contributed by atoms with Crippen LogP contribution < -0.4 is 4.74 Å². The van der Waals surface area contributed by atoms with Gasteiger partial charge in [0.2, 0.25) is 0 Å². The second-order valence-electron chi connectivity index (χ2n) is 7.95. The summed E-state index contributed by atoms with van der Waals surface area (Å²) in [5.74, 6) is 0.677. The van der Waals surface area contributed by atoms with Gasteiger partial charge in [0.05, 0.1) is 18.8 Å². The van der Waals surface area contributed by atoms with Gasteiger partial charge in [0.1, 0.15) is 5.75 Å². The second-order valence-corrected chi connectivity index (χ2v) is 7.95. The molecule has 0 fully saturated rings. The fraction of sp³-hybridized carbons (Fsp3) is 0.259. The van der Waals surface area contributed by atoms with Crippen molar-refractivity contribution in [1.82, 2.24) is 0 Å². The smallest absolute Gasteiger partial charge is 0.127 e. The molecule has 1 radical (unpaired) electrons. The summed E-state index contributed by atoms with van der Waals surface area (Å²) in [6.45, 7) is 4.50. The van der Waals surface area contributed by atoms with Gasteiger partial charge in [-0.1, -0.05) is 92.7 Å². The summed E-state index contributed by atoms with van der Waals surface area (Å²) in [7, 11) is 0. The first-order chi connectivity index (χ1) is 14.5. The van der Waals surface area contributed by atoms with Crippen LogP contribution in [0.1, 0.15) is 43.1 Å². The van der Waals surface area contributed by atoms with Gasteiger partial charge in [-0.3, -0.25) is 0 Å². The minimum absolute atomic E-state index is 0.413. The van der Waals surface area contributed by atoms with E-state index in [0.717, 1.165) is 16.7 Å². The molecule has 1 unspecified atom stereocenters. The lowest BCUT2D eigenvalue weighted by Gasteiger charge is -2.31. The molecule has 0 bridgehead atoms. The van der Waals surface area contributed by atoms with Crippen molar-refractivity contribution in [3.8, 4) is 5.75 Å². The van der Waals surface area contributed by atoms with Crippen LogP contribution in [-0.4, -0.2) is 22.9 Å². The molecule has 3 nitrogen and oxygen atoms in total. The van der Waals surface area contributed by atoms with E-state index < -0.39 is 17.6 Å². The van der Waals surface area contributed by atoms with Gasteiger partial charge < -0.3 is 14.9 Å². The summed E-state index contributed by atoms with van der Waals surface area (Å²) in [6.07, 6.45) is 2.87. The number of benzene rings is 3. The monoisotopic (exact) mass is 401 g/mol. The zero-order valence-electron chi connectivity index (χ0n) is 17.5. The van der Waals surface area contributed by atoms with Gasteiger partial charge >= 0.3 is 0 Å². The minimum atomic E-state index is -0.645. The van der Waals surface area contributed by atoms with Crippen LogP contribution in [0.3, 0.4) is 0 Å². The van der Waals surface area contributed by atoms with E-state index >= 15 is 0 Å². The SMILES string of the molecule is CC(C)(c1ccccc1)C(O)c1cccc(/C=C/[C@H](O)CCOc2[c]cccc2)c1. The van der Waals surface area contributed by atoms with Crippen LogP contribution in [0.2, 0.25) is 0 Å². The summed E-state index contributed by atoms with van der Waals surface area (Å²) in [5, 5.41) is 21.3. The van der Waals surface area contributed by atoms with Gasteiger partial charge in [-0.15, -0.1) is 0 Å². The molecule has 3 aromatic rings. The molecule has 155 valence electrons. The van der Waals surface area contributed by atoms with E-state index in [2.05, 4.69) is 6.07 Å². The Balaban J connectivity index is 1.60. The first-order valence-electron chi connectivity index (χ1n) is 10.3. The van der Waals surface area contributed by atoms with Gasteiger partial charge in [-0.05, 0) is 28.8 Å². The quantitative estimate of drug-likeness (QED) is 0.509. The van der Waals surface area contributed by atoms with Crippen LogP contribution in [-0.2, 0) is 5.41 Å². The lowest BCUT2D eigenvalue weighted by atomic mass is 9.76. The molecule has 0 saturated heterocycles. The fourth-order valence-corrected chi connectivity index (χ4v) is 3.35. The predicted octanol–water partition coefficient (Wildman–Crippen LogP) is 5.34. The van der Waals surface area contributed by atoms with Crippen LogP contribution in [0.25, 0.3) is 6.08 Å². The van der Waals surface area contributed by atoms with Crippen LogP contribution in [0.15, 0.2) is 84.9 Å². The third kappa shape index (κ3) is 5.82. The van der Waals surface area contributed by atoms with E-state index in [9.17, 15) is 10.2 Å². The Hall–Kier alpha value is -2.88. The largest absolute Gasteiger partial charge is 0.493 e. The van der Waals surface area contributed by atoms with Gasteiger partial charge in [0.25, 0.3) is 0 Å². The van der Waals surface area contributed by atoms with Crippen molar-refractivity contribution in [3.63, 3.8) is 0 Å². The fourth-order valence-electron chi connectivity index (χ4n) is 3.35. The van der Waals surface area contributed by atoms with E-state index in [-0.39, 0.29) is 0 Å². The molecule has 3 aromatic carbocycles. The normalized spacial score (nSPS) is 13.9. The Bertz CT molecular complexity index is 933. The van der Waals surface area contributed by atoms with Crippen molar-refractivity contribution in [3.05, 3.63) is 108 Å². The van der Waals surface area contributed by atoms with E-state index in [4.69, 9.17) is 4.74 Å². The van der Waals surface area contributed by atoms with E-state index in [1.165, 1.54) is 0 Å². The standard InChI is InChI=1S/C27H29O3/c1-27(2,23-12-5-3-6-13-23)26(29)22-11-9-10-21(20-22)16-17-24(28)18-19-30-25-14-7-4-8-15-25/h3-14,16-17,20,24,26,28-29H,18-19H2,1-2H3/b17-16+/t24-,26?/m0/s1. The van der Waals surface area contributed by atoms with E-state index in [1.54, 1.807) is 12.1 Å². The van der Waals surface area contributed by atoms with E-state index in [0.29, 0.717) is 18.8 Å². The Morgan fingerprint density at radius 1 is 0.967 bits per heavy atom. The zero-order chi connectivity index (χ0) is 21.4. The van der Waals surface area contributed by atoms with Crippen molar-refractivity contribution in [1.29, 1.82) is 0 Å². The number of rotatable bonds is 9. The molecule has 3 rings (SSSR count). The number of aliphatic hydroxyl groups excluding tert-OH is 2. The summed E-state index contributed by atoms with van der Waals surface area (Å²) in [5.41, 5.74) is 2.45. The maximum absolute atomic E-state index is 11.0. The van der Waals surface area contributed by atoms with Crippen LogP contribution in [0, 0.1) is 6.07 Å². The lowest BCUT2D eigenvalue weighted by molar-refractivity contribution is 0.100. The van der Waals surface area contributed by atoms with Gasteiger partial charge in [0, 0.05) is 17.9 Å². The molecule has 0 amide bonds. The molecule has 3 heteroatoms. The lowest BCUT2D eigenvalue weighted by Crippen LogP contribution is -2.26. The molecule has 0 heterocycles. The summed E-state index contributed by atoms with van der Waals surface area (Å²) >= 11 is 0. The Kier molecular flexibility index (Phi) is 7.45. The highest BCUT2D eigenvalue weighted by Gasteiger charge is 2.30. The molecule has 0 aliphatic carbocycles. The topological polar surface area (TPSA) is 49.7 Å². The molecule has 0 aromatic heterocycles. The maximum atomic E-state index is 11.0. The summed E-state index contributed by atoms with van der Waals surface area (Å²) in [6, 6.07) is 28.2. The van der Waals surface area contributed by atoms with Crippen molar-refractivity contribution in [2.45, 2.75) is 37.9 Å². The molecule has 0 saturated carbocycles. The van der Waals surface area contributed by atoms with Crippen LogP contribution in [0.5, 0.6) is 5.75 Å². The first kappa shape index (κ1) is 21.8. The highest BCUT2D eigenvalue weighted by atomic mass is 16.5. The molecular weight excluding hydrogens is 372 g/mol. The Labute approximate surface area is 179 Å². The molecule has 0 aliphatic rings. The molecule has 2 N–H and O–H groups in total. The zero-order valence-corrected chi connectivity index (χ0v) is 17.5. The van der Waals surface area contributed by atoms with Crippen LogP contribution in [0.4, 0.5) is 0 Å². The molecule has 2 atom stereocenters. The third-order valence-electron chi connectivity index (χ3n) is 5.29. The average Bonchev–Trinajstić information content (AvgIpc) is 2.78.